The van der Waals surface area contributed by atoms with Gasteiger partial charge < -0.3 is 4.42 Å². The van der Waals surface area contributed by atoms with Gasteiger partial charge >= 0.3 is 0 Å². The molecule has 0 amide bonds. The van der Waals surface area contributed by atoms with E-state index in [1.165, 1.54) is 55.3 Å². The number of non-ortho nitro benzene ring substituents is 1. The minimum Gasteiger partial charge on any atom is -0.446 e. The van der Waals surface area contributed by atoms with Crippen molar-refractivity contribution in [2.24, 2.45) is 0 Å². The molecule has 0 unspecified atom stereocenters. The molecule has 0 bridgehead atoms. The predicted molar refractivity (Wildman–Crippen MR) is 91.3 cm³/mol. The molecule has 0 atom stereocenters. The lowest BCUT2D eigenvalue weighted by atomic mass is 10.2. The molecule has 0 spiro atoms. The van der Waals surface area contributed by atoms with Crippen molar-refractivity contribution < 1.29 is 17.8 Å². The molecule has 2 heterocycles. The van der Waals surface area contributed by atoms with E-state index in [1.54, 1.807) is 0 Å². The van der Waals surface area contributed by atoms with Crippen LogP contribution in [-0.2, 0) is 16.6 Å². The normalized spacial score (nSPS) is 12.0. The lowest BCUT2D eigenvalue weighted by molar-refractivity contribution is -0.384. The number of aromatic nitrogens is 2. The fourth-order valence-corrected chi connectivity index (χ4v) is 3.11. The maximum atomic E-state index is 12.5. The molecule has 0 aliphatic carbocycles. The van der Waals surface area contributed by atoms with Crippen LogP contribution in [0.1, 0.15) is 5.76 Å². The van der Waals surface area contributed by atoms with Gasteiger partial charge in [-0.1, -0.05) is 0 Å². The number of sulfonamides is 1. The molecule has 11 heteroatoms. The fourth-order valence-electron chi connectivity index (χ4n) is 2.30. The number of nitro benzene ring substituents is 1. The van der Waals surface area contributed by atoms with Crippen molar-refractivity contribution >= 4 is 26.6 Å². The summed E-state index contributed by atoms with van der Waals surface area (Å²) in [6.07, 6.45) is 1.23. The van der Waals surface area contributed by atoms with Gasteiger partial charge in [0.25, 0.3) is 21.3 Å². The van der Waals surface area contributed by atoms with Gasteiger partial charge in [-0.3, -0.25) is 19.5 Å². The number of hydrogen-bond acceptors (Lipinski definition) is 7. The molecular weight excluding hydrogens is 364 g/mol. The average molecular weight is 378 g/mol. The molecule has 0 N–H and O–H groups in total. The Bertz CT molecular complexity index is 1160. The third-order valence-electron chi connectivity index (χ3n) is 3.72. The molecule has 0 saturated carbocycles. The van der Waals surface area contributed by atoms with E-state index in [-0.39, 0.29) is 34.0 Å². The van der Waals surface area contributed by atoms with Gasteiger partial charge in [-0.15, -0.1) is 0 Å². The standard InChI is InChI=1S/C15H14N4O6S/c1-17(2)26(23,24)14-6-4-11(25-14)8-18-9-16-13-7-10(19(21)22)3-5-12(13)15(18)20/h3-7,9H,8H2,1-2H3. The molecular formula is C15H14N4O6S. The average Bonchev–Trinajstić information content (AvgIpc) is 3.06. The number of nitro groups is 1. The minimum atomic E-state index is -3.71. The first-order valence-electron chi connectivity index (χ1n) is 7.35. The second-order valence-corrected chi connectivity index (χ2v) is 7.73. The molecule has 0 radical (unpaired) electrons. The zero-order valence-electron chi connectivity index (χ0n) is 13.8. The highest BCUT2D eigenvalue weighted by Gasteiger charge is 2.21. The minimum absolute atomic E-state index is 0.0261. The summed E-state index contributed by atoms with van der Waals surface area (Å²) < 4.78 is 31.6. The topological polar surface area (TPSA) is 129 Å². The van der Waals surface area contributed by atoms with E-state index in [2.05, 4.69) is 4.98 Å². The highest BCUT2D eigenvalue weighted by molar-refractivity contribution is 7.88. The van der Waals surface area contributed by atoms with Gasteiger partial charge in [0.2, 0.25) is 5.09 Å². The molecule has 1 aromatic carbocycles. The van der Waals surface area contributed by atoms with Gasteiger partial charge in [-0.2, -0.15) is 0 Å². The first-order valence-corrected chi connectivity index (χ1v) is 8.79. The predicted octanol–water partition coefficient (Wildman–Crippen LogP) is 1.20. The van der Waals surface area contributed by atoms with Gasteiger partial charge in [-0.05, 0) is 18.2 Å². The molecule has 0 aliphatic rings. The first-order chi connectivity index (χ1) is 12.2. The third kappa shape index (κ3) is 3.09. The molecule has 26 heavy (non-hydrogen) atoms. The lowest BCUT2D eigenvalue weighted by Gasteiger charge is -2.08. The molecule has 2 aromatic heterocycles. The maximum Gasteiger partial charge on any atom is 0.275 e. The largest absolute Gasteiger partial charge is 0.446 e. The third-order valence-corrected chi connectivity index (χ3v) is 5.41. The number of rotatable bonds is 5. The number of benzene rings is 1. The van der Waals surface area contributed by atoms with Gasteiger partial charge in [0, 0.05) is 26.2 Å². The van der Waals surface area contributed by atoms with Crippen LogP contribution < -0.4 is 5.56 Å². The summed E-state index contributed by atoms with van der Waals surface area (Å²) in [6.45, 7) is -0.0261. The van der Waals surface area contributed by atoms with Crippen LogP contribution in [0, 0.1) is 10.1 Å². The Hall–Kier alpha value is -3.05. The summed E-state index contributed by atoms with van der Waals surface area (Å²) in [5.41, 5.74) is -0.374. The van der Waals surface area contributed by atoms with Gasteiger partial charge in [-0.25, -0.2) is 17.7 Å². The Morgan fingerprint density at radius 2 is 2.00 bits per heavy atom. The Balaban J connectivity index is 1.96. The van der Waals surface area contributed by atoms with Crippen molar-refractivity contribution in [3.05, 3.63) is 62.9 Å². The second kappa shape index (κ2) is 6.35. The van der Waals surface area contributed by atoms with Crippen LogP contribution in [0.3, 0.4) is 0 Å². The number of hydrogen-bond donors (Lipinski definition) is 0. The van der Waals surface area contributed by atoms with E-state index >= 15 is 0 Å². The summed E-state index contributed by atoms with van der Waals surface area (Å²) in [5, 5.41) is 10.8. The molecule has 0 fully saturated rings. The quantitative estimate of drug-likeness (QED) is 0.482. The summed E-state index contributed by atoms with van der Waals surface area (Å²) >= 11 is 0. The van der Waals surface area contributed by atoms with Crippen LogP contribution >= 0.6 is 0 Å². The summed E-state index contributed by atoms with van der Waals surface area (Å²) in [7, 11) is -0.939. The number of nitrogens with zero attached hydrogens (tertiary/aromatic N) is 4. The molecule has 136 valence electrons. The van der Waals surface area contributed by atoms with E-state index in [0.29, 0.717) is 0 Å². The Morgan fingerprint density at radius 3 is 2.65 bits per heavy atom. The zero-order chi connectivity index (χ0) is 19.1. The maximum absolute atomic E-state index is 12.5. The van der Waals surface area contributed by atoms with Crippen LogP contribution in [0.4, 0.5) is 5.69 Å². The van der Waals surface area contributed by atoms with E-state index < -0.39 is 20.5 Å². The van der Waals surface area contributed by atoms with E-state index in [4.69, 9.17) is 4.42 Å². The Labute approximate surface area is 147 Å². The van der Waals surface area contributed by atoms with Crippen LogP contribution in [0.25, 0.3) is 10.9 Å². The second-order valence-electron chi connectivity index (χ2n) is 5.64. The van der Waals surface area contributed by atoms with Crippen molar-refractivity contribution in [1.82, 2.24) is 13.9 Å². The van der Waals surface area contributed by atoms with E-state index in [9.17, 15) is 23.3 Å². The van der Waals surface area contributed by atoms with Crippen molar-refractivity contribution in [1.29, 1.82) is 0 Å². The van der Waals surface area contributed by atoms with Crippen LogP contribution in [0.5, 0.6) is 0 Å². The van der Waals surface area contributed by atoms with Gasteiger partial charge in [0.05, 0.1) is 28.7 Å². The molecule has 3 aromatic rings. The number of fused-ring (bicyclic) bond motifs is 1. The van der Waals surface area contributed by atoms with Crippen molar-refractivity contribution in [2.45, 2.75) is 11.6 Å². The number of furan rings is 1. The molecule has 0 aliphatic heterocycles. The first kappa shape index (κ1) is 17.8. The highest BCUT2D eigenvalue weighted by atomic mass is 32.2. The van der Waals surface area contributed by atoms with Crippen LogP contribution in [0.2, 0.25) is 0 Å². The highest BCUT2D eigenvalue weighted by Crippen LogP contribution is 2.19. The SMILES string of the molecule is CN(C)S(=O)(=O)c1ccc(Cn2cnc3cc([N+](=O)[O-])ccc3c2=O)o1. The zero-order valence-corrected chi connectivity index (χ0v) is 14.6. The van der Waals surface area contributed by atoms with Gasteiger partial charge in [0.1, 0.15) is 5.76 Å². The van der Waals surface area contributed by atoms with Crippen molar-refractivity contribution in [3.8, 4) is 0 Å². The Morgan fingerprint density at radius 1 is 1.27 bits per heavy atom. The molecule has 0 saturated heterocycles. The summed E-state index contributed by atoms with van der Waals surface area (Å²) in [6, 6.07) is 6.56. The van der Waals surface area contributed by atoms with E-state index in [0.717, 1.165) is 4.31 Å². The molecule has 3 rings (SSSR count). The Kier molecular flexibility index (Phi) is 4.34. The smallest absolute Gasteiger partial charge is 0.275 e. The van der Waals surface area contributed by atoms with Crippen LogP contribution in [-0.4, -0.2) is 41.3 Å². The van der Waals surface area contributed by atoms with Crippen LogP contribution in [0.15, 0.2) is 51.0 Å². The van der Waals surface area contributed by atoms with E-state index in [1.807, 2.05) is 0 Å². The fraction of sp³-hybridized carbons (Fsp3) is 0.200. The van der Waals surface area contributed by atoms with Crippen molar-refractivity contribution in [2.75, 3.05) is 14.1 Å². The van der Waals surface area contributed by atoms with Gasteiger partial charge in [0.15, 0.2) is 0 Å². The summed E-state index contributed by atoms with van der Waals surface area (Å²) in [5.74, 6) is 0.260. The summed E-state index contributed by atoms with van der Waals surface area (Å²) in [4.78, 5) is 26.8. The lowest BCUT2D eigenvalue weighted by Crippen LogP contribution is -2.22. The van der Waals surface area contributed by atoms with Crippen molar-refractivity contribution in [3.63, 3.8) is 0 Å². The monoisotopic (exact) mass is 378 g/mol. The molecule has 10 nitrogen and oxygen atoms in total.